The van der Waals surface area contributed by atoms with E-state index in [1.807, 2.05) is 18.2 Å². The molecule has 0 aromatic heterocycles. The zero-order valence-electron chi connectivity index (χ0n) is 27.4. The molecule has 4 N–H and O–H groups in total. The van der Waals surface area contributed by atoms with E-state index in [9.17, 15) is 14.7 Å². The third kappa shape index (κ3) is 10.5. The van der Waals surface area contributed by atoms with Crippen molar-refractivity contribution in [3.63, 3.8) is 0 Å². The van der Waals surface area contributed by atoms with Crippen molar-refractivity contribution in [2.75, 3.05) is 6.61 Å². The van der Waals surface area contributed by atoms with Crippen molar-refractivity contribution < 1.29 is 24.3 Å². The number of benzene rings is 2. The Morgan fingerprint density at radius 1 is 0.867 bits per heavy atom. The number of ether oxygens (including phenoxy) is 1. The molecule has 8 nitrogen and oxygen atoms in total. The third-order valence-electron chi connectivity index (χ3n) is 9.24. The van der Waals surface area contributed by atoms with E-state index in [0.717, 1.165) is 68.1 Å². The zero-order chi connectivity index (χ0) is 32.1. The lowest BCUT2D eigenvalue weighted by atomic mass is 9.67. The highest BCUT2D eigenvalue weighted by Crippen LogP contribution is 2.44. The second-order valence-corrected chi connectivity index (χ2v) is 13.2. The Labute approximate surface area is 269 Å². The zero-order valence-corrected chi connectivity index (χ0v) is 27.4. The summed E-state index contributed by atoms with van der Waals surface area (Å²) < 4.78 is 5.49. The largest absolute Gasteiger partial charge is 0.480 e. The molecule has 0 aliphatic heterocycles. The minimum Gasteiger partial charge on any atom is -0.480 e. The van der Waals surface area contributed by atoms with Crippen LogP contribution in [0.2, 0.25) is 0 Å². The van der Waals surface area contributed by atoms with Crippen molar-refractivity contribution in [3.8, 4) is 0 Å². The van der Waals surface area contributed by atoms with Gasteiger partial charge in [0.1, 0.15) is 5.54 Å². The van der Waals surface area contributed by atoms with E-state index in [-0.39, 0.29) is 17.7 Å². The summed E-state index contributed by atoms with van der Waals surface area (Å²) in [7, 11) is 0. The van der Waals surface area contributed by atoms with Gasteiger partial charge in [-0.05, 0) is 78.7 Å². The van der Waals surface area contributed by atoms with E-state index in [2.05, 4.69) is 60.3 Å². The number of carbonyl (C=O) groups is 2. The van der Waals surface area contributed by atoms with Crippen LogP contribution in [0.1, 0.15) is 101 Å². The number of nitrogens with one attached hydrogen (secondary N) is 3. The van der Waals surface area contributed by atoms with Crippen LogP contribution in [-0.2, 0) is 38.8 Å². The quantitative estimate of drug-likeness (QED) is 0.0882. The minimum absolute atomic E-state index is 0.207. The summed E-state index contributed by atoms with van der Waals surface area (Å²) in [5.41, 5.74) is 5.91. The van der Waals surface area contributed by atoms with Gasteiger partial charge in [-0.2, -0.15) is 0 Å². The number of hydrogen-bond donors (Lipinski definition) is 4. The summed E-state index contributed by atoms with van der Waals surface area (Å²) in [4.78, 5) is 30.3. The van der Waals surface area contributed by atoms with Gasteiger partial charge in [0.25, 0.3) is 5.91 Å². The molecule has 0 spiro atoms. The summed E-state index contributed by atoms with van der Waals surface area (Å²) in [5, 5.41) is 17.7. The molecule has 0 bridgehead atoms. The van der Waals surface area contributed by atoms with Crippen LogP contribution in [0.3, 0.4) is 0 Å². The lowest BCUT2D eigenvalue weighted by Gasteiger charge is -2.44. The van der Waals surface area contributed by atoms with Gasteiger partial charge in [-0.3, -0.25) is 14.9 Å². The Kier molecular flexibility index (Phi) is 13.6. The monoisotopic (exact) mass is 619 g/mol. The Balaban J connectivity index is 1.24. The van der Waals surface area contributed by atoms with Crippen LogP contribution in [0.25, 0.3) is 6.08 Å². The van der Waals surface area contributed by atoms with Crippen LogP contribution in [0.4, 0.5) is 0 Å². The highest BCUT2D eigenvalue weighted by Gasteiger charge is 2.51. The maximum atomic E-state index is 12.9. The number of rotatable bonds is 17. The van der Waals surface area contributed by atoms with E-state index in [0.29, 0.717) is 32.2 Å². The number of carbonyl (C=O) groups excluding carboxylic acids is 1. The number of carboxylic acids is 1. The summed E-state index contributed by atoms with van der Waals surface area (Å²) in [6.07, 6.45) is 12.5. The van der Waals surface area contributed by atoms with Crippen LogP contribution in [0, 0.1) is 17.8 Å². The number of carboxylic acid groups (broad SMARTS) is 1. The van der Waals surface area contributed by atoms with Crippen LogP contribution in [0.15, 0.2) is 54.6 Å². The summed E-state index contributed by atoms with van der Waals surface area (Å²) in [6.45, 7) is 8.39. The fourth-order valence-electron chi connectivity index (χ4n) is 6.88. The molecule has 0 heterocycles. The molecule has 2 aromatic rings. The Bertz CT molecular complexity index is 1230. The lowest BCUT2D eigenvalue weighted by Crippen LogP contribution is -2.61. The number of amides is 1. The summed E-state index contributed by atoms with van der Waals surface area (Å²) in [5.74, 6) is -0.195. The number of hydroxylamine groups is 1. The smallest absolute Gasteiger partial charge is 0.324 e. The van der Waals surface area contributed by atoms with Gasteiger partial charge in [0.2, 0.25) is 0 Å². The molecule has 0 radical (unpaired) electrons. The van der Waals surface area contributed by atoms with Gasteiger partial charge < -0.3 is 15.2 Å². The second-order valence-electron chi connectivity index (χ2n) is 13.2. The van der Waals surface area contributed by atoms with Gasteiger partial charge in [0.15, 0.2) is 6.29 Å². The second kappa shape index (κ2) is 17.6. The first-order valence-electron chi connectivity index (χ1n) is 16.9. The first-order valence-corrected chi connectivity index (χ1v) is 16.9. The van der Waals surface area contributed by atoms with Crippen molar-refractivity contribution in [1.82, 2.24) is 16.1 Å². The molecule has 2 aliphatic rings. The first kappa shape index (κ1) is 34.8. The number of hydrogen-bond acceptors (Lipinski definition) is 6. The van der Waals surface area contributed by atoms with Gasteiger partial charge >= 0.3 is 5.97 Å². The molecular formula is C37H53N3O5. The van der Waals surface area contributed by atoms with Crippen LogP contribution >= 0.6 is 0 Å². The molecule has 2 aromatic carbocycles. The standard InChI is InChI=1S/C37H53N3O5/c1-27(2)26-44-28(3)45-40-35(41)21-20-29-10-9-11-32(22-29)24-38-23-30-16-18-31(19-17-30)25-39-37(36(42)43,34-14-7-8-15-34)33-12-5-4-6-13-33/h9-11,16-22,27-28,33-34,38-39H,4-8,12-15,23-26H2,1-3H3,(H,40,41)(H,42,43)/t28?,37-/m1/s1. The average molecular weight is 620 g/mol. The van der Waals surface area contributed by atoms with Gasteiger partial charge in [-0.15, -0.1) is 0 Å². The highest BCUT2D eigenvalue weighted by molar-refractivity contribution is 5.90. The van der Waals surface area contributed by atoms with Gasteiger partial charge in [0, 0.05) is 25.7 Å². The summed E-state index contributed by atoms with van der Waals surface area (Å²) in [6, 6.07) is 16.5. The molecule has 0 saturated heterocycles. The highest BCUT2D eigenvalue weighted by atomic mass is 16.8. The molecule has 1 unspecified atom stereocenters. The molecule has 4 rings (SSSR count). The Morgan fingerprint density at radius 2 is 1.47 bits per heavy atom. The predicted octanol–water partition coefficient (Wildman–Crippen LogP) is 6.74. The van der Waals surface area contributed by atoms with Crippen molar-refractivity contribution in [1.29, 1.82) is 0 Å². The topological polar surface area (TPSA) is 109 Å². The molecule has 2 fully saturated rings. The summed E-state index contributed by atoms with van der Waals surface area (Å²) >= 11 is 0. The maximum Gasteiger partial charge on any atom is 0.324 e. The van der Waals surface area contributed by atoms with Crippen molar-refractivity contribution >= 4 is 18.0 Å². The van der Waals surface area contributed by atoms with Gasteiger partial charge in [-0.25, -0.2) is 10.3 Å². The first-order chi connectivity index (χ1) is 21.8. The van der Waals surface area contributed by atoms with Gasteiger partial charge in [-0.1, -0.05) is 94.5 Å². The third-order valence-corrected chi connectivity index (χ3v) is 9.24. The molecule has 2 aliphatic carbocycles. The lowest BCUT2D eigenvalue weighted by molar-refractivity contribution is -0.180. The SMILES string of the molecule is CC(C)COC(C)ONC(=O)C=Cc1cccc(CNCc2ccc(CN[C@](C(=O)O)(C3CCCCC3)C3CCCC3)cc2)c1. The normalized spacial score (nSPS) is 18.3. The molecule has 45 heavy (non-hydrogen) atoms. The molecule has 246 valence electrons. The van der Waals surface area contributed by atoms with Crippen molar-refractivity contribution in [2.24, 2.45) is 17.8 Å². The molecule has 2 saturated carbocycles. The van der Waals surface area contributed by atoms with Crippen molar-refractivity contribution in [2.45, 2.75) is 110 Å². The van der Waals surface area contributed by atoms with E-state index in [1.165, 1.54) is 18.1 Å². The van der Waals surface area contributed by atoms with Gasteiger partial charge in [0.05, 0.1) is 6.61 Å². The molecule has 8 heteroatoms. The molecule has 1 amide bonds. The van der Waals surface area contributed by atoms with E-state index in [4.69, 9.17) is 9.57 Å². The van der Waals surface area contributed by atoms with Crippen molar-refractivity contribution in [3.05, 3.63) is 76.9 Å². The number of aliphatic carboxylic acids is 1. The van der Waals surface area contributed by atoms with Crippen LogP contribution in [0.5, 0.6) is 0 Å². The Morgan fingerprint density at radius 3 is 2.09 bits per heavy atom. The van der Waals surface area contributed by atoms with Crippen LogP contribution in [-0.4, -0.2) is 35.4 Å². The van der Waals surface area contributed by atoms with E-state index >= 15 is 0 Å². The average Bonchev–Trinajstić information content (AvgIpc) is 3.59. The van der Waals surface area contributed by atoms with Crippen LogP contribution < -0.4 is 16.1 Å². The predicted molar refractivity (Wildman–Crippen MR) is 178 cm³/mol. The molecule has 2 atom stereocenters. The fourth-order valence-corrected chi connectivity index (χ4v) is 6.88. The minimum atomic E-state index is -0.820. The Hall–Kier alpha value is -3.04. The fraction of sp³-hybridized carbons (Fsp3) is 0.568. The maximum absolute atomic E-state index is 12.9. The molecular weight excluding hydrogens is 566 g/mol. The van der Waals surface area contributed by atoms with E-state index in [1.54, 1.807) is 13.0 Å². The van der Waals surface area contributed by atoms with E-state index < -0.39 is 17.8 Å².